The van der Waals surface area contributed by atoms with E-state index in [-0.39, 0.29) is 35.1 Å². The summed E-state index contributed by atoms with van der Waals surface area (Å²) in [5.74, 6) is 0.602. The van der Waals surface area contributed by atoms with E-state index in [1.54, 1.807) is 11.7 Å². The average Bonchev–Trinajstić information content (AvgIpc) is 2.95. The molecule has 7 heteroatoms. The van der Waals surface area contributed by atoms with Gasteiger partial charge in [-0.05, 0) is 12.8 Å². The van der Waals surface area contributed by atoms with Crippen LogP contribution in [-0.2, 0) is 7.05 Å². The Labute approximate surface area is 118 Å². The molecule has 0 aromatic carbocycles. The number of rotatable bonds is 5. The van der Waals surface area contributed by atoms with Gasteiger partial charge >= 0.3 is 5.69 Å². The Hall–Kier alpha value is -1.63. The first-order valence-corrected chi connectivity index (χ1v) is 7.04. The molecule has 2 unspecified atom stereocenters. The predicted molar refractivity (Wildman–Crippen MR) is 75.8 cm³/mol. The Morgan fingerprint density at radius 1 is 1.55 bits per heavy atom. The molecule has 1 heterocycles. The smallest absolute Gasteiger partial charge is 0.334 e. The summed E-state index contributed by atoms with van der Waals surface area (Å²) in [7, 11) is 1.71. The summed E-state index contributed by atoms with van der Waals surface area (Å²) < 4.78 is 1.54. The van der Waals surface area contributed by atoms with Crippen LogP contribution in [0.2, 0.25) is 0 Å². The number of nitro groups is 1. The minimum Gasteiger partial charge on any atom is -0.396 e. The molecule has 7 nitrogen and oxygen atoms in total. The zero-order chi connectivity index (χ0) is 14.9. The predicted octanol–water partition coefficient (Wildman–Crippen LogP) is 2.02. The van der Waals surface area contributed by atoms with Crippen molar-refractivity contribution in [2.75, 3.05) is 11.9 Å². The Morgan fingerprint density at radius 3 is 2.80 bits per heavy atom. The molecule has 2 rings (SSSR count). The molecule has 0 spiro atoms. The number of hydrogen-bond acceptors (Lipinski definition) is 5. The van der Waals surface area contributed by atoms with Crippen molar-refractivity contribution in [1.29, 1.82) is 0 Å². The molecule has 1 aromatic heterocycles. The van der Waals surface area contributed by atoms with E-state index in [0.29, 0.717) is 11.5 Å². The Balaban J connectivity index is 2.33. The van der Waals surface area contributed by atoms with Crippen LogP contribution in [-0.4, -0.2) is 32.5 Å². The topological polar surface area (TPSA) is 93.2 Å². The van der Waals surface area contributed by atoms with Crippen LogP contribution in [0.3, 0.4) is 0 Å². The van der Waals surface area contributed by atoms with Crippen molar-refractivity contribution in [3.8, 4) is 0 Å². The van der Waals surface area contributed by atoms with Crippen molar-refractivity contribution in [3.05, 3.63) is 15.8 Å². The molecule has 1 fully saturated rings. The lowest BCUT2D eigenvalue weighted by molar-refractivity contribution is -0.384. The minimum atomic E-state index is -0.367. The number of aryl methyl sites for hydroxylation is 1. The number of nitrogens with one attached hydrogen (secondary N) is 1. The molecule has 1 saturated carbocycles. The SMILES string of the molecule is CC(C)c1nn(C)c(NC2CCCC2CO)c1[N+](=O)[O-]. The van der Waals surface area contributed by atoms with E-state index in [9.17, 15) is 15.2 Å². The summed E-state index contributed by atoms with van der Waals surface area (Å²) >= 11 is 0. The molecular formula is C13H22N4O3. The van der Waals surface area contributed by atoms with E-state index >= 15 is 0 Å². The van der Waals surface area contributed by atoms with E-state index in [4.69, 9.17) is 0 Å². The van der Waals surface area contributed by atoms with Crippen LogP contribution in [0.4, 0.5) is 11.5 Å². The van der Waals surface area contributed by atoms with E-state index in [1.165, 1.54) is 0 Å². The minimum absolute atomic E-state index is 0.00522. The van der Waals surface area contributed by atoms with Gasteiger partial charge in [-0.3, -0.25) is 10.1 Å². The Morgan fingerprint density at radius 2 is 2.25 bits per heavy atom. The van der Waals surface area contributed by atoms with Gasteiger partial charge in [-0.1, -0.05) is 20.3 Å². The molecule has 0 radical (unpaired) electrons. The molecule has 2 atom stereocenters. The highest BCUT2D eigenvalue weighted by Crippen LogP contribution is 2.36. The zero-order valence-corrected chi connectivity index (χ0v) is 12.2. The summed E-state index contributed by atoms with van der Waals surface area (Å²) in [6, 6.07) is 0.0779. The maximum Gasteiger partial charge on any atom is 0.334 e. The van der Waals surface area contributed by atoms with Crippen LogP contribution in [0, 0.1) is 16.0 Å². The number of aromatic nitrogens is 2. The molecule has 0 amide bonds. The van der Waals surface area contributed by atoms with Crippen LogP contribution in [0.15, 0.2) is 0 Å². The van der Waals surface area contributed by atoms with Gasteiger partial charge in [0.05, 0.1) is 4.92 Å². The first-order chi connectivity index (χ1) is 9.45. The average molecular weight is 282 g/mol. The maximum atomic E-state index is 11.3. The second kappa shape index (κ2) is 5.78. The highest BCUT2D eigenvalue weighted by atomic mass is 16.6. The highest BCUT2D eigenvalue weighted by molar-refractivity contribution is 5.61. The van der Waals surface area contributed by atoms with E-state index in [2.05, 4.69) is 10.4 Å². The van der Waals surface area contributed by atoms with Gasteiger partial charge in [0, 0.05) is 31.5 Å². The number of hydrogen-bond donors (Lipinski definition) is 2. The van der Waals surface area contributed by atoms with E-state index < -0.39 is 0 Å². The van der Waals surface area contributed by atoms with Gasteiger partial charge < -0.3 is 10.4 Å². The monoisotopic (exact) mass is 282 g/mol. The first-order valence-electron chi connectivity index (χ1n) is 7.04. The second-order valence-corrected chi connectivity index (χ2v) is 5.74. The summed E-state index contributed by atoms with van der Waals surface area (Å²) in [6.45, 7) is 3.90. The summed E-state index contributed by atoms with van der Waals surface area (Å²) in [5, 5.41) is 28.2. The van der Waals surface area contributed by atoms with Crippen LogP contribution < -0.4 is 5.32 Å². The first kappa shape index (κ1) is 14.8. The fourth-order valence-corrected chi connectivity index (χ4v) is 2.89. The molecule has 112 valence electrons. The van der Waals surface area contributed by atoms with Crippen LogP contribution >= 0.6 is 0 Å². The van der Waals surface area contributed by atoms with Gasteiger partial charge in [0.25, 0.3) is 0 Å². The summed E-state index contributed by atoms with van der Waals surface area (Å²) in [4.78, 5) is 11.0. The van der Waals surface area contributed by atoms with Crippen molar-refractivity contribution in [2.24, 2.45) is 13.0 Å². The van der Waals surface area contributed by atoms with Crippen molar-refractivity contribution in [3.63, 3.8) is 0 Å². The molecule has 1 aliphatic carbocycles. The van der Waals surface area contributed by atoms with Crippen LogP contribution in [0.1, 0.15) is 44.7 Å². The molecular weight excluding hydrogens is 260 g/mol. The van der Waals surface area contributed by atoms with Crippen LogP contribution in [0.5, 0.6) is 0 Å². The van der Waals surface area contributed by atoms with Gasteiger partial charge in [0.1, 0.15) is 5.69 Å². The number of anilines is 1. The van der Waals surface area contributed by atoms with E-state index in [0.717, 1.165) is 19.3 Å². The van der Waals surface area contributed by atoms with Gasteiger partial charge in [-0.2, -0.15) is 5.10 Å². The van der Waals surface area contributed by atoms with Crippen molar-refractivity contribution >= 4 is 11.5 Å². The van der Waals surface area contributed by atoms with Gasteiger partial charge in [0.2, 0.25) is 5.82 Å². The summed E-state index contributed by atoms with van der Waals surface area (Å²) in [6.07, 6.45) is 2.91. The lowest BCUT2D eigenvalue weighted by atomic mass is 10.0. The largest absolute Gasteiger partial charge is 0.396 e. The number of nitrogens with zero attached hydrogens (tertiary/aromatic N) is 3. The molecule has 1 aliphatic rings. The quantitative estimate of drug-likeness (QED) is 0.636. The summed E-state index contributed by atoms with van der Waals surface area (Å²) in [5.41, 5.74) is 0.560. The van der Waals surface area contributed by atoms with Gasteiger partial charge in [-0.15, -0.1) is 0 Å². The number of aliphatic hydroxyl groups is 1. The van der Waals surface area contributed by atoms with Gasteiger partial charge in [-0.25, -0.2) is 4.68 Å². The molecule has 20 heavy (non-hydrogen) atoms. The van der Waals surface area contributed by atoms with Crippen molar-refractivity contribution < 1.29 is 10.0 Å². The van der Waals surface area contributed by atoms with E-state index in [1.807, 2.05) is 13.8 Å². The Kier molecular flexibility index (Phi) is 4.27. The fourth-order valence-electron chi connectivity index (χ4n) is 2.89. The molecule has 0 aliphatic heterocycles. The highest BCUT2D eigenvalue weighted by Gasteiger charge is 2.33. The second-order valence-electron chi connectivity index (χ2n) is 5.74. The lowest BCUT2D eigenvalue weighted by Crippen LogP contribution is -2.27. The number of aliphatic hydroxyl groups excluding tert-OH is 1. The molecule has 1 aromatic rings. The van der Waals surface area contributed by atoms with Crippen LogP contribution in [0.25, 0.3) is 0 Å². The molecule has 2 N–H and O–H groups in total. The fraction of sp³-hybridized carbons (Fsp3) is 0.769. The normalized spacial score (nSPS) is 22.4. The standard InChI is InChI=1S/C13H22N4O3/c1-8(2)11-12(17(19)20)13(16(3)15-11)14-10-6-4-5-9(10)7-18/h8-10,14,18H,4-7H2,1-3H3. The third-order valence-corrected chi connectivity index (χ3v) is 3.99. The molecule has 0 bridgehead atoms. The Bertz CT molecular complexity index is 498. The third kappa shape index (κ3) is 2.63. The van der Waals surface area contributed by atoms with Gasteiger partial charge in [0.15, 0.2) is 0 Å². The lowest BCUT2D eigenvalue weighted by Gasteiger charge is -2.19. The zero-order valence-electron chi connectivity index (χ0n) is 12.2. The third-order valence-electron chi connectivity index (χ3n) is 3.99. The van der Waals surface area contributed by atoms with Crippen molar-refractivity contribution in [2.45, 2.75) is 45.1 Å². The maximum absolute atomic E-state index is 11.3. The molecule has 0 saturated heterocycles. The van der Waals surface area contributed by atoms with Crippen molar-refractivity contribution in [1.82, 2.24) is 9.78 Å².